The van der Waals surface area contributed by atoms with Crippen LogP contribution in [0.1, 0.15) is 12.5 Å². The predicted molar refractivity (Wildman–Crippen MR) is 65.7 cm³/mol. The van der Waals surface area contributed by atoms with Crippen molar-refractivity contribution in [2.24, 2.45) is 0 Å². The molecule has 5 heteroatoms. The molecular weight excluding hydrogens is 240 g/mol. The lowest BCUT2D eigenvalue weighted by Crippen LogP contribution is -2.38. The molecule has 0 saturated heterocycles. The molecule has 0 heterocycles. The molecule has 0 fully saturated rings. The third-order valence-electron chi connectivity index (χ3n) is 2.25. The van der Waals surface area contributed by atoms with Gasteiger partial charge in [-0.2, -0.15) is 0 Å². The number of esters is 1. The first-order valence-electron chi connectivity index (χ1n) is 5.13. The van der Waals surface area contributed by atoms with E-state index in [2.05, 4.69) is 4.74 Å². The molecule has 0 saturated carbocycles. The van der Waals surface area contributed by atoms with Gasteiger partial charge in [0.05, 0.1) is 13.7 Å². The second-order valence-electron chi connectivity index (χ2n) is 3.86. The highest BCUT2D eigenvalue weighted by molar-refractivity contribution is 7.99. The molecule has 4 nitrogen and oxygen atoms in total. The van der Waals surface area contributed by atoms with Crippen LogP contribution in [0.4, 0.5) is 0 Å². The van der Waals surface area contributed by atoms with Crippen LogP contribution in [0, 0.1) is 0 Å². The number of hydrogen-bond donors (Lipinski definition) is 2. The lowest BCUT2D eigenvalue weighted by Gasteiger charge is -2.19. The summed E-state index contributed by atoms with van der Waals surface area (Å²) in [7, 11) is 1.25. The van der Waals surface area contributed by atoms with E-state index in [4.69, 9.17) is 5.11 Å². The van der Waals surface area contributed by atoms with Crippen LogP contribution >= 0.6 is 11.8 Å². The van der Waals surface area contributed by atoms with E-state index >= 15 is 0 Å². The van der Waals surface area contributed by atoms with Gasteiger partial charge in [-0.25, -0.2) is 4.79 Å². The minimum Gasteiger partial charge on any atom is -0.467 e. The summed E-state index contributed by atoms with van der Waals surface area (Å²) in [6.45, 7) is 1.43. The maximum Gasteiger partial charge on any atom is 0.338 e. The Morgan fingerprint density at radius 3 is 2.47 bits per heavy atom. The Hall–Kier alpha value is -1.04. The Labute approximate surface area is 105 Å². The van der Waals surface area contributed by atoms with Gasteiger partial charge in [-0.15, -0.1) is 11.8 Å². The van der Waals surface area contributed by atoms with Crippen molar-refractivity contribution < 1.29 is 19.7 Å². The molecule has 0 aliphatic heterocycles. The second kappa shape index (κ2) is 6.05. The Morgan fingerprint density at radius 1 is 1.41 bits per heavy atom. The summed E-state index contributed by atoms with van der Waals surface area (Å²) >= 11 is 1.36. The van der Waals surface area contributed by atoms with Crippen molar-refractivity contribution in [3.8, 4) is 0 Å². The van der Waals surface area contributed by atoms with Gasteiger partial charge in [-0.3, -0.25) is 0 Å². The van der Waals surface area contributed by atoms with Gasteiger partial charge < -0.3 is 14.9 Å². The van der Waals surface area contributed by atoms with Gasteiger partial charge in [0.15, 0.2) is 5.60 Å². The van der Waals surface area contributed by atoms with Crippen molar-refractivity contribution in [3.05, 3.63) is 29.8 Å². The summed E-state index contributed by atoms with van der Waals surface area (Å²) in [6.07, 6.45) is 0. The van der Waals surface area contributed by atoms with Crippen LogP contribution in [-0.4, -0.2) is 34.6 Å². The largest absolute Gasteiger partial charge is 0.467 e. The van der Waals surface area contributed by atoms with E-state index in [1.165, 1.54) is 25.8 Å². The van der Waals surface area contributed by atoms with Crippen LogP contribution < -0.4 is 0 Å². The molecule has 17 heavy (non-hydrogen) atoms. The minimum absolute atomic E-state index is 0.00478. The normalized spacial score (nSPS) is 14.1. The maximum absolute atomic E-state index is 11.2. The van der Waals surface area contributed by atoms with Crippen LogP contribution in [0.3, 0.4) is 0 Å². The number of aliphatic hydroxyl groups excluding tert-OH is 1. The van der Waals surface area contributed by atoms with Gasteiger partial charge in [-0.05, 0) is 24.6 Å². The van der Waals surface area contributed by atoms with Gasteiger partial charge >= 0.3 is 5.97 Å². The molecule has 0 radical (unpaired) electrons. The van der Waals surface area contributed by atoms with Crippen LogP contribution in [0.5, 0.6) is 0 Å². The summed E-state index contributed by atoms with van der Waals surface area (Å²) in [5, 5.41) is 18.7. The van der Waals surface area contributed by atoms with Gasteiger partial charge in [0.25, 0.3) is 0 Å². The van der Waals surface area contributed by atoms with Gasteiger partial charge in [0, 0.05) is 10.6 Å². The summed E-state index contributed by atoms with van der Waals surface area (Å²) in [4.78, 5) is 12.2. The zero-order valence-electron chi connectivity index (χ0n) is 9.84. The first-order chi connectivity index (χ1) is 7.99. The number of carbonyl (C=O) groups is 1. The molecular formula is C12H16O4S. The third kappa shape index (κ3) is 4.03. The minimum atomic E-state index is -1.49. The molecule has 1 aromatic carbocycles. The molecule has 2 N–H and O–H groups in total. The summed E-state index contributed by atoms with van der Waals surface area (Å²) in [5.41, 5.74) is -0.663. The number of carbonyl (C=O) groups excluding carboxylic acids is 1. The molecule has 1 unspecified atom stereocenters. The smallest absolute Gasteiger partial charge is 0.338 e. The molecule has 0 amide bonds. The highest BCUT2D eigenvalue weighted by Crippen LogP contribution is 2.23. The molecule has 1 rings (SSSR count). The zero-order valence-corrected chi connectivity index (χ0v) is 10.7. The van der Waals surface area contributed by atoms with E-state index in [0.717, 1.165) is 10.5 Å². The summed E-state index contributed by atoms with van der Waals surface area (Å²) < 4.78 is 4.50. The SMILES string of the molecule is COC(=O)C(C)(O)CSc1ccc(CO)cc1. The molecule has 0 spiro atoms. The van der Waals surface area contributed by atoms with E-state index in [9.17, 15) is 9.90 Å². The number of aliphatic hydroxyl groups is 2. The van der Waals surface area contributed by atoms with E-state index in [-0.39, 0.29) is 12.4 Å². The monoisotopic (exact) mass is 256 g/mol. The fourth-order valence-electron chi connectivity index (χ4n) is 1.19. The lowest BCUT2D eigenvalue weighted by molar-refractivity contribution is -0.158. The van der Waals surface area contributed by atoms with Crippen LogP contribution in [-0.2, 0) is 16.1 Å². The number of hydrogen-bond acceptors (Lipinski definition) is 5. The highest BCUT2D eigenvalue weighted by Gasteiger charge is 2.31. The van der Waals surface area contributed by atoms with Crippen molar-refractivity contribution >= 4 is 17.7 Å². The van der Waals surface area contributed by atoms with Crippen molar-refractivity contribution in [3.63, 3.8) is 0 Å². The molecule has 1 aromatic rings. The number of thioether (sulfide) groups is 1. The quantitative estimate of drug-likeness (QED) is 0.612. The first kappa shape index (κ1) is 14.0. The standard InChI is InChI=1S/C12H16O4S/c1-12(15,11(14)16-2)8-17-10-5-3-9(7-13)4-6-10/h3-6,13,15H,7-8H2,1-2H3. The van der Waals surface area contributed by atoms with Crippen LogP contribution in [0.2, 0.25) is 0 Å². The number of methoxy groups -OCH3 is 1. The third-order valence-corrected chi connectivity index (χ3v) is 3.56. The molecule has 94 valence electrons. The van der Waals surface area contributed by atoms with Crippen LogP contribution in [0.25, 0.3) is 0 Å². The Morgan fingerprint density at radius 2 is 2.00 bits per heavy atom. The van der Waals surface area contributed by atoms with Gasteiger partial charge in [0.1, 0.15) is 0 Å². The maximum atomic E-state index is 11.2. The molecule has 0 aliphatic carbocycles. The highest BCUT2D eigenvalue weighted by atomic mass is 32.2. The summed E-state index contributed by atoms with van der Waals surface area (Å²) in [5.74, 6) is -0.421. The number of ether oxygens (including phenoxy) is 1. The topological polar surface area (TPSA) is 66.8 Å². The van der Waals surface area contributed by atoms with E-state index < -0.39 is 11.6 Å². The molecule has 0 aromatic heterocycles. The van der Waals surface area contributed by atoms with E-state index in [0.29, 0.717) is 0 Å². The molecule has 1 atom stereocenters. The lowest BCUT2D eigenvalue weighted by atomic mass is 10.1. The number of benzene rings is 1. The second-order valence-corrected chi connectivity index (χ2v) is 4.90. The van der Waals surface area contributed by atoms with Crippen molar-refractivity contribution in [2.45, 2.75) is 24.0 Å². The average molecular weight is 256 g/mol. The molecule has 0 bridgehead atoms. The van der Waals surface area contributed by atoms with Crippen molar-refractivity contribution in [2.75, 3.05) is 12.9 Å². The number of rotatable bonds is 5. The van der Waals surface area contributed by atoms with Crippen molar-refractivity contribution in [1.29, 1.82) is 0 Å². The van der Waals surface area contributed by atoms with Crippen LogP contribution in [0.15, 0.2) is 29.2 Å². The van der Waals surface area contributed by atoms with Gasteiger partial charge in [-0.1, -0.05) is 12.1 Å². The average Bonchev–Trinajstić information content (AvgIpc) is 2.36. The summed E-state index contributed by atoms with van der Waals surface area (Å²) in [6, 6.07) is 7.28. The molecule has 0 aliphatic rings. The van der Waals surface area contributed by atoms with Crippen molar-refractivity contribution in [1.82, 2.24) is 0 Å². The Bertz CT molecular complexity index is 373. The van der Waals surface area contributed by atoms with E-state index in [1.54, 1.807) is 12.1 Å². The Balaban J connectivity index is 2.57. The Kier molecular flexibility index (Phi) is 4.99. The zero-order chi connectivity index (χ0) is 12.9. The van der Waals surface area contributed by atoms with Gasteiger partial charge in [0.2, 0.25) is 0 Å². The first-order valence-corrected chi connectivity index (χ1v) is 6.11. The van der Waals surface area contributed by atoms with E-state index in [1.807, 2.05) is 12.1 Å². The fraction of sp³-hybridized carbons (Fsp3) is 0.417. The fourth-order valence-corrected chi connectivity index (χ4v) is 2.09. The predicted octanol–water partition coefficient (Wildman–Crippen LogP) is 1.19.